The zero-order valence-electron chi connectivity index (χ0n) is 12.9. The summed E-state index contributed by atoms with van der Waals surface area (Å²) >= 11 is 0. The summed E-state index contributed by atoms with van der Waals surface area (Å²) in [6.07, 6.45) is -0.573. The summed E-state index contributed by atoms with van der Waals surface area (Å²) < 4.78 is 5.73. The first-order valence-corrected chi connectivity index (χ1v) is 7.02. The van der Waals surface area contributed by atoms with Crippen molar-refractivity contribution in [3.8, 4) is 5.75 Å². The molecule has 2 aromatic carbocycles. The van der Waals surface area contributed by atoms with E-state index in [1.165, 1.54) is 0 Å². The van der Waals surface area contributed by atoms with Crippen LogP contribution in [-0.2, 0) is 0 Å². The second-order valence-electron chi connectivity index (χ2n) is 5.48. The minimum atomic E-state index is -0.573. The van der Waals surface area contributed by atoms with Gasteiger partial charge in [0.2, 0.25) is 5.78 Å². The Balaban J connectivity index is 2.19. The molecule has 2 N–H and O–H groups in total. The maximum atomic E-state index is 12.5. The van der Waals surface area contributed by atoms with Gasteiger partial charge in [-0.1, -0.05) is 29.8 Å². The van der Waals surface area contributed by atoms with Gasteiger partial charge in [-0.25, -0.2) is 0 Å². The van der Waals surface area contributed by atoms with Crippen molar-refractivity contribution in [3.63, 3.8) is 0 Å². The predicted octanol–water partition coefficient (Wildman–Crippen LogP) is 3.84. The topological polar surface area (TPSA) is 52.3 Å². The predicted molar refractivity (Wildman–Crippen MR) is 85.9 cm³/mol. The molecule has 0 spiro atoms. The van der Waals surface area contributed by atoms with Crippen molar-refractivity contribution in [2.75, 3.05) is 5.73 Å². The van der Waals surface area contributed by atoms with E-state index in [1.807, 2.05) is 51.1 Å². The van der Waals surface area contributed by atoms with Crippen LogP contribution in [0, 0.1) is 20.8 Å². The van der Waals surface area contributed by atoms with Crippen molar-refractivity contribution in [1.29, 1.82) is 0 Å². The van der Waals surface area contributed by atoms with Crippen LogP contribution in [0.4, 0.5) is 5.69 Å². The molecule has 0 bridgehead atoms. The molecule has 2 rings (SSSR count). The third-order valence-electron chi connectivity index (χ3n) is 3.49. The molecule has 110 valence electrons. The molecule has 0 amide bonds. The Morgan fingerprint density at radius 2 is 1.67 bits per heavy atom. The summed E-state index contributed by atoms with van der Waals surface area (Å²) in [4.78, 5) is 12.5. The van der Waals surface area contributed by atoms with E-state index in [4.69, 9.17) is 10.5 Å². The third-order valence-corrected chi connectivity index (χ3v) is 3.49. The molecule has 0 saturated heterocycles. The van der Waals surface area contributed by atoms with Gasteiger partial charge in [0.05, 0.1) is 5.69 Å². The van der Waals surface area contributed by atoms with E-state index in [0.29, 0.717) is 17.0 Å². The lowest BCUT2D eigenvalue weighted by Crippen LogP contribution is -2.25. The summed E-state index contributed by atoms with van der Waals surface area (Å²) in [5.41, 5.74) is 10.3. The fourth-order valence-electron chi connectivity index (χ4n) is 2.33. The highest BCUT2D eigenvalue weighted by Crippen LogP contribution is 2.24. The number of Topliss-reactive ketones (excluding diaryl/α,β-unsaturated/α-hetero) is 1. The fraction of sp³-hybridized carbons (Fsp3) is 0.278. The maximum absolute atomic E-state index is 12.5. The minimum absolute atomic E-state index is 0.0347. The van der Waals surface area contributed by atoms with Crippen LogP contribution in [-0.4, -0.2) is 11.9 Å². The molecule has 1 unspecified atom stereocenters. The quantitative estimate of drug-likeness (QED) is 0.685. The Labute approximate surface area is 125 Å². The summed E-state index contributed by atoms with van der Waals surface area (Å²) in [6.45, 7) is 7.66. The van der Waals surface area contributed by atoms with Gasteiger partial charge < -0.3 is 10.5 Å². The van der Waals surface area contributed by atoms with Gasteiger partial charge in [-0.15, -0.1) is 0 Å². The number of hydrogen-bond acceptors (Lipinski definition) is 3. The van der Waals surface area contributed by atoms with E-state index in [9.17, 15) is 4.79 Å². The van der Waals surface area contributed by atoms with E-state index in [1.54, 1.807) is 13.0 Å². The van der Waals surface area contributed by atoms with E-state index < -0.39 is 6.10 Å². The van der Waals surface area contributed by atoms with Crippen molar-refractivity contribution in [2.45, 2.75) is 33.8 Å². The van der Waals surface area contributed by atoms with Gasteiger partial charge in [0.25, 0.3) is 0 Å². The van der Waals surface area contributed by atoms with Crippen LogP contribution in [0.5, 0.6) is 5.75 Å². The number of rotatable bonds is 4. The summed E-state index contributed by atoms with van der Waals surface area (Å²) in [5, 5.41) is 0. The zero-order chi connectivity index (χ0) is 15.6. The van der Waals surface area contributed by atoms with E-state index in [2.05, 4.69) is 0 Å². The Kier molecular flexibility index (Phi) is 4.32. The van der Waals surface area contributed by atoms with Gasteiger partial charge in [-0.05, 0) is 51.0 Å². The molecule has 0 aromatic heterocycles. The fourth-order valence-corrected chi connectivity index (χ4v) is 2.33. The SMILES string of the molecule is Cc1ccc(C(=O)C(C)Oc2ccc(C)cc2N)c(C)c1. The molecule has 21 heavy (non-hydrogen) atoms. The van der Waals surface area contributed by atoms with E-state index >= 15 is 0 Å². The first-order valence-electron chi connectivity index (χ1n) is 7.02. The second kappa shape index (κ2) is 6.00. The number of ether oxygens (including phenoxy) is 1. The first kappa shape index (κ1) is 15.1. The van der Waals surface area contributed by atoms with Crippen LogP contribution < -0.4 is 10.5 Å². The van der Waals surface area contributed by atoms with Crippen LogP contribution in [0.15, 0.2) is 36.4 Å². The second-order valence-corrected chi connectivity index (χ2v) is 5.48. The number of nitrogens with two attached hydrogens (primary N) is 1. The Morgan fingerprint density at radius 1 is 1.05 bits per heavy atom. The van der Waals surface area contributed by atoms with Crippen molar-refractivity contribution in [2.24, 2.45) is 0 Å². The number of benzene rings is 2. The van der Waals surface area contributed by atoms with Crippen molar-refractivity contribution in [3.05, 3.63) is 58.7 Å². The lowest BCUT2D eigenvalue weighted by molar-refractivity contribution is 0.0818. The average molecular weight is 283 g/mol. The van der Waals surface area contributed by atoms with Gasteiger partial charge in [0, 0.05) is 5.56 Å². The van der Waals surface area contributed by atoms with Gasteiger partial charge in [0.15, 0.2) is 6.10 Å². The molecule has 0 saturated carbocycles. The normalized spacial score (nSPS) is 12.0. The summed E-state index contributed by atoms with van der Waals surface area (Å²) in [7, 11) is 0. The minimum Gasteiger partial charge on any atom is -0.480 e. The lowest BCUT2D eigenvalue weighted by atomic mass is 10.00. The molecule has 3 nitrogen and oxygen atoms in total. The molecule has 0 aliphatic rings. The highest BCUT2D eigenvalue weighted by molar-refractivity contribution is 6.00. The molecular weight excluding hydrogens is 262 g/mol. The molecule has 0 radical (unpaired) electrons. The first-order chi connectivity index (χ1) is 9.88. The monoisotopic (exact) mass is 283 g/mol. The average Bonchev–Trinajstić information content (AvgIpc) is 2.41. The van der Waals surface area contributed by atoms with Crippen molar-refractivity contribution >= 4 is 11.5 Å². The third kappa shape index (κ3) is 3.43. The molecule has 0 fully saturated rings. The lowest BCUT2D eigenvalue weighted by Gasteiger charge is -2.16. The number of anilines is 1. The standard InChI is InChI=1S/C18H21NO2/c1-11-5-7-15(13(3)9-11)18(20)14(4)21-17-8-6-12(2)10-16(17)19/h5-10,14H,19H2,1-4H3. The molecule has 3 heteroatoms. The summed E-state index contributed by atoms with van der Waals surface area (Å²) in [5.74, 6) is 0.513. The van der Waals surface area contributed by atoms with Crippen molar-refractivity contribution < 1.29 is 9.53 Å². The van der Waals surface area contributed by atoms with Crippen LogP contribution in [0.2, 0.25) is 0 Å². The summed E-state index contributed by atoms with van der Waals surface area (Å²) in [6, 6.07) is 11.3. The Morgan fingerprint density at radius 3 is 2.29 bits per heavy atom. The maximum Gasteiger partial charge on any atom is 0.203 e. The Bertz CT molecular complexity index is 677. The van der Waals surface area contributed by atoms with Gasteiger partial charge in [-0.2, -0.15) is 0 Å². The molecule has 2 aromatic rings. The van der Waals surface area contributed by atoms with Gasteiger partial charge in [-0.3, -0.25) is 4.79 Å². The molecule has 0 heterocycles. The van der Waals surface area contributed by atoms with Crippen LogP contribution in [0.3, 0.4) is 0 Å². The van der Waals surface area contributed by atoms with Crippen LogP contribution in [0.1, 0.15) is 34.0 Å². The van der Waals surface area contributed by atoms with E-state index in [0.717, 1.165) is 16.7 Å². The van der Waals surface area contributed by atoms with E-state index in [-0.39, 0.29) is 5.78 Å². The number of hydrogen-bond donors (Lipinski definition) is 1. The zero-order valence-corrected chi connectivity index (χ0v) is 12.9. The Hall–Kier alpha value is -2.29. The largest absolute Gasteiger partial charge is 0.480 e. The van der Waals surface area contributed by atoms with Crippen LogP contribution in [0.25, 0.3) is 0 Å². The number of carbonyl (C=O) groups excluding carboxylic acids is 1. The molecule has 0 aliphatic carbocycles. The highest BCUT2D eigenvalue weighted by Gasteiger charge is 2.19. The van der Waals surface area contributed by atoms with Gasteiger partial charge >= 0.3 is 0 Å². The number of nitrogen functional groups attached to an aromatic ring is 1. The van der Waals surface area contributed by atoms with Crippen molar-refractivity contribution in [1.82, 2.24) is 0 Å². The smallest absolute Gasteiger partial charge is 0.203 e. The van der Waals surface area contributed by atoms with Gasteiger partial charge in [0.1, 0.15) is 5.75 Å². The molecule has 0 aliphatic heterocycles. The molecule has 1 atom stereocenters. The number of aryl methyl sites for hydroxylation is 3. The molecular formula is C18H21NO2. The van der Waals surface area contributed by atoms with Crippen LogP contribution >= 0.6 is 0 Å². The number of ketones is 1. The number of carbonyl (C=O) groups is 1. The highest BCUT2D eigenvalue weighted by atomic mass is 16.5.